The number of carbonyl (C=O) groups is 2. The lowest BCUT2D eigenvalue weighted by molar-refractivity contribution is -0.384. The van der Waals surface area contributed by atoms with E-state index in [1.165, 1.54) is 32.4 Å². The van der Waals surface area contributed by atoms with E-state index in [0.717, 1.165) is 23.1 Å². The molecule has 2 amide bonds. The number of nitrogens with zero attached hydrogens (tertiary/aromatic N) is 3. The van der Waals surface area contributed by atoms with Crippen LogP contribution in [0.3, 0.4) is 0 Å². The van der Waals surface area contributed by atoms with E-state index in [1.54, 1.807) is 24.3 Å². The molecule has 0 aliphatic carbocycles. The van der Waals surface area contributed by atoms with E-state index in [1.807, 2.05) is 0 Å². The maximum atomic E-state index is 12.5. The lowest BCUT2D eigenvalue weighted by atomic mass is 10.2. The van der Waals surface area contributed by atoms with Crippen LogP contribution in [-0.4, -0.2) is 46.9 Å². The number of nitro groups is 1. The molecule has 0 spiro atoms. The van der Waals surface area contributed by atoms with Crippen LogP contribution >= 0.6 is 23.1 Å². The van der Waals surface area contributed by atoms with Crippen LogP contribution in [0.5, 0.6) is 11.5 Å². The number of aromatic nitrogens is 2. The van der Waals surface area contributed by atoms with Gasteiger partial charge in [-0.1, -0.05) is 29.2 Å². The van der Waals surface area contributed by atoms with E-state index >= 15 is 0 Å². The summed E-state index contributed by atoms with van der Waals surface area (Å²) < 4.78 is 10.8. The van der Waals surface area contributed by atoms with Gasteiger partial charge in [0, 0.05) is 29.4 Å². The molecule has 166 valence electrons. The highest BCUT2D eigenvalue weighted by Gasteiger charge is 2.14. The van der Waals surface area contributed by atoms with Crippen molar-refractivity contribution in [2.24, 2.45) is 0 Å². The normalized spacial score (nSPS) is 10.3. The van der Waals surface area contributed by atoms with Crippen molar-refractivity contribution in [1.29, 1.82) is 0 Å². The van der Waals surface area contributed by atoms with Gasteiger partial charge in [0.15, 0.2) is 4.34 Å². The molecule has 0 aliphatic heterocycles. The van der Waals surface area contributed by atoms with Crippen LogP contribution in [0.25, 0.3) is 0 Å². The van der Waals surface area contributed by atoms with Crippen LogP contribution in [-0.2, 0) is 4.79 Å². The molecule has 3 aromatic rings. The zero-order chi connectivity index (χ0) is 23.1. The van der Waals surface area contributed by atoms with Gasteiger partial charge in [0.05, 0.1) is 24.9 Å². The van der Waals surface area contributed by atoms with Gasteiger partial charge in [0.25, 0.3) is 11.6 Å². The molecule has 0 aliphatic rings. The highest BCUT2D eigenvalue weighted by molar-refractivity contribution is 8.01. The first-order valence-corrected chi connectivity index (χ1v) is 10.7. The molecule has 1 aromatic heterocycles. The summed E-state index contributed by atoms with van der Waals surface area (Å²) in [5, 5.41) is 24.2. The summed E-state index contributed by atoms with van der Waals surface area (Å²) >= 11 is 2.23. The maximum absolute atomic E-state index is 12.5. The van der Waals surface area contributed by atoms with Crippen molar-refractivity contribution in [1.82, 2.24) is 10.2 Å². The van der Waals surface area contributed by atoms with Crippen molar-refractivity contribution >= 4 is 51.4 Å². The maximum Gasteiger partial charge on any atom is 0.271 e. The number of nitro benzene ring substituents is 1. The highest BCUT2D eigenvalue weighted by atomic mass is 32.2. The number of hydrogen-bond donors (Lipinski definition) is 2. The molecule has 0 saturated carbocycles. The van der Waals surface area contributed by atoms with Gasteiger partial charge < -0.3 is 14.8 Å². The molecular formula is C19H17N5O6S2. The second kappa shape index (κ2) is 10.5. The van der Waals surface area contributed by atoms with Crippen LogP contribution in [0.1, 0.15) is 10.4 Å². The number of rotatable bonds is 9. The summed E-state index contributed by atoms with van der Waals surface area (Å²) in [7, 11) is 2.97. The number of carbonyl (C=O) groups excluding carboxylic acids is 2. The summed E-state index contributed by atoms with van der Waals surface area (Å²) in [5.41, 5.74) is 0.527. The molecule has 0 fully saturated rings. The lowest BCUT2D eigenvalue weighted by Gasteiger charge is -2.07. The SMILES string of the molecule is COc1cc(OC)cc(C(=O)Nc2nnc(SCC(=O)Nc3cccc([N+](=O)[O-])c3)s2)c1. The molecule has 2 N–H and O–H groups in total. The molecule has 0 atom stereocenters. The van der Waals surface area contributed by atoms with Crippen LogP contribution in [0.4, 0.5) is 16.5 Å². The van der Waals surface area contributed by atoms with Gasteiger partial charge in [-0.15, -0.1) is 10.2 Å². The van der Waals surface area contributed by atoms with Crippen molar-refractivity contribution in [3.63, 3.8) is 0 Å². The first-order chi connectivity index (χ1) is 15.4. The van der Waals surface area contributed by atoms with E-state index < -0.39 is 10.8 Å². The van der Waals surface area contributed by atoms with Crippen molar-refractivity contribution in [2.75, 3.05) is 30.6 Å². The standard InChI is InChI=1S/C19H17N5O6S2/c1-29-14-6-11(7-15(9-14)30-2)17(26)21-18-22-23-19(32-18)31-10-16(25)20-12-4-3-5-13(8-12)24(27)28/h3-9H,10H2,1-2H3,(H,20,25)(H,21,22,26). The Bertz CT molecular complexity index is 1130. The van der Waals surface area contributed by atoms with E-state index in [9.17, 15) is 19.7 Å². The third-order valence-electron chi connectivity index (χ3n) is 3.91. The average Bonchev–Trinajstić information content (AvgIpc) is 3.24. The number of benzene rings is 2. The number of ether oxygens (including phenoxy) is 2. The number of amides is 2. The Balaban J connectivity index is 1.56. The van der Waals surface area contributed by atoms with Gasteiger partial charge in [-0.25, -0.2) is 0 Å². The molecule has 11 nitrogen and oxygen atoms in total. The first-order valence-electron chi connectivity index (χ1n) is 8.93. The minimum atomic E-state index is -0.539. The number of hydrogen-bond acceptors (Lipinski definition) is 10. The van der Waals surface area contributed by atoms with Gasteiger partial charge in [-0.05, 0) is 18.2 Å². The van der Waals surface area contributed by atoms with Gasteiger partial charge >= 0.3 is 0 Å². The number of thioether (sulfide) groups is 1. The second-order valence-corrected chi connectivity index (χ2v) is 8.27. The number of methoxy groups -OCH3 is 2. The van der Waals surface area contributed by atoms with Crippen molar-refractivity contribution < 1.29 is 24.0 Å². The Labute approximate surface area is 190 Å². The zero-order valence-electron chi connectivity index (χ0n) is 16.9. The number of non-ortho nitro benzene ring substituents is 1. The molecule has 13 heteroatoms. The van der Waals surface area contributed by atoms with Crippen molar-refractivity contribution in [3.05, 3.63) is 58.1 Å². The largest absolute Gasteiger partial charge is 0.497 e. The Morgan fingerprint density at radius 1 is 1.09 bits per heavy atom. The molecule has 32 heavy (non-hydrogen) atoms. The molecule has 1 heterocycles. The van der Waals surface area contributed by atoms with Gasteiger partial charge in [-0.2, -0.15) is 0 Å². The van der Waals surface area contributed by atoms with E-state index in [0.29, 0.717) is 27.1 Å². The lowest BCUT2D eigenvalue weighted by Crippen LogP contribution is -2.14. The van der Waals surface area contributed by atoms with Crippen molar-refractivity contribution in [2.45, 2.75) is 4.34 Å². The minimum Gasteiger partial charge on any atom is -0.497 e. The number of anilines is 2. The van der Waals surface area contributed by atoms with Crippen LogP contribution < -0.4 is 20.1 Å². The summed E-state index contributed by atoms with van der Waals surface area (Å²) in [6.45, 7) is 0. The second-order valence-electron chi connectivity index (χ2n) is 6.07. The summed E-state index contributed by atoms with van der Waals surface area (Å²) in [6.07, 6.45) is 0. The first kappa shape index (κ1) is 23.0. The molecule has 0 unspecified atom stereocenters. The van der Waals surface area contributed by atoms with Crippen LogP contribution in [0.2, 0.25) is 0 Å². The fourth-order valence-electron chi connectivity index (χ4n) is 2.45. The quantitative estimate of drug-likeness (QED) is 0.206. The Kier molecular flexibility index (Phi) is 7.57. The molecule has 0 saturated heterocycles. The van der Waals surface area contributed by atoms with Crippen LogP contribution in [0, 0.1) is 10.1 Å². The number of nitrogens with one attached hydrogen (secondary N) is 2. The predicted octanol–water partition coefficient (Wildman–Crippen LogP) is 3.45. The zero-order valence-corrected chi connectivity index (χ0v) is 18.5. The van der Waals surface area contributed by atoms with Gasteiger partial charge in [0.2, 0.25) is 11.0 Å². The highest BCUT2D eigenvalue weighted by Crippen LogP contribution is 2.27. The predicted molar refractivity (Wildman–Crippen MR) is 120 cm³/mol. The fourth-order valence-corrected chi connectivity index (χ4v) is 4.00. The van der Waals surface area contributed by atoms with E-state index in [2.05, 4.69) is 20.8 Å². The average molecular weight is 476 g/mol. The molecule has 2 aromatic carbocycles. The topological polar surface area (TPSA) is 146 Å². The Morgan fingerprint density at radius 3 is 2.47 bits per heavy atom. The monoisotopic (exact) mass is 475 g/mol. The van der Waals surface area contributed by atoms with Crippen LogP contribution in [0.15, 0.2) is 46.8 Å². The van der Waals surface area contributed by atoms with Crippen molar-refractivity contribution in [3.8, 4) is 11.5 Å². The fraction of sp³-hybridized carbons (Fsp3) is 0.158. The Hall–Kier alpha value is -3.71. The third kappa shape index (κ3) is 6.15. The summed E-state index contributed by atoms with van der Waals surface area (Å²) in [6, 6.07) is 10.4. The van der Waals surface area contributed by atoms with Gasteiger partial charge in [0.1, 0.15) is 11.5 Å². The summed E-state index contributed by atoms with van der Waals surface area (Å²) in [4.78, 5) is 34.9. The Morgan fingerprint density at radius 2 is 1.81 bits per heavy atom. The van der Waals surface area contributed by atoms with E-state index in [-0.39, 0.29) is 22.5 Å². The molecule has 0 bridgehead atoms. The third-order valence-corrected chi connectivity index (χ3v) is 5.88. The smallest absolute Gasteiger partial charge is 0.271 e. The molecular weight excluding hydrogens is 458 g/mol. The molecule has 0 radical (unpaired) electrons. The minimum absolute atomic E-state index is 0.0123. The van der Waals surface area contributed by atoms with E-state index in [4.69, 9.17) is 9.47 Å². The summed E-state index contributed by atoms with van der Waals surface area (Å²) in [5.74, 6) is 0.173. The molecule has 3 rings (SSSR count). The van der Waals surface area contributed by atoms with Gasteiger partial charge in [-0.3, -0.25) is 25.0 Å².